The van der Waals surface area contributed by atoms with Gasteiger partial charge in [-0.25, -0.2) is 0 Å². The smallest absolute Gasteiger partial charge is 0.292 e. The molecule has 5 nitrogen and oxygen atoms in total. The molecule has 31 heavy (non-hydrogen) atoms. The first-order valence-corrected chi connectivity index (χ1v) is 10.1. The molecule has 5 aromatic rings. The number of rotatable bonds is 2. The third-order valence-electron chi connectivity index (χ3n) is 5.64. The summed E-state index contributed by atoms with van der Waals surface area (Å²) < 4.78 is 7.95. The van der Waals surface area contributed by atoms with Crippen molar-refractivity contribution in [2.45, 2.75) is 6.42 Å². The molecule has 1 aliphatic rings. The van der Waals surface area contributed by atoms with Crippen molar-refractivity contribution in [1.29, 1.82) is 0 Å². The number of hydrogen-bond donors (Lipinski definition) is 0. The minimum Gasteiger partial charge on any atom is -0.456 e. The molecule has 148 valence electrons. The number of allylic oxidation sites excluding steroid dienone is 3. The summed E-state index contributed by atoms with van der Waals surface area (Å²) in [6.07, 6.45) is 1.78. The number of benzene rings is 3. The Bertz CT molecular complexity index is 1710. The van der Waals surface area contributed by atoms with Gasteiger partial charge in [0.2, 0.25) is 0 Å². The number of hydrogen-bond acceptors (Lipinski definition) is 3. The molecule has 0 unspecified atom stereocenters. The molecule has 3 aromatic carbocycles. The van der Waals surface area contributed by atoms with E-state index in [0.717, 1.165) is 38.2 Å². The third kappa shape index (κ3) is 2.46. The number of aromatic nitrogens is 1. The van der Waals surface area contributed by atoms with Gasteiger partial charge in [-0.05, 0) is 24.3 Å². The fraction of sp³-hybridized carbons (Fsp3) is 0.0400. The highest BCUT2D eigenvalue weighted by Crippen LogP contribution is 2.42. The van der Waals surface area contributed by atoms with Crippen molar-refractivity contribution in [3.05, 3.63) is 87.6 Å². The van der Waals surface area contributed by atoms with Crippen LogP contribution >= 0.6 is 11.6 Å². The summed E-state index contributed by atoms with van der Waals surface area (Å²) in [5, 5.41) is 15.9. The number of fused-ring (bicyclic) bond motifs is 7. The molecule has 0 saturated heterocycles. The van der Waals surface area contributed by atoms with E-state index < -0.39 is 4.92 Å². The van der Waals surface area contributed by atoms with Crippen LogP contribution in [0.15, 0.2) is 81.9 Å². The van der Waals surface area contributed by atoms with Crippen molar-refractivity contribution in [2.75, 3.05) is 0 Å². The van der Waals surface area contributed by atoms with E-state index in [-0.39, 0.29) is 22.8 Å². The summed E-state index contributed by atoms with van der Waals surface area (Å²) in [5.74, 6) is 5.75. The van der Waals surface area contributed by atoms with Crippen LogP contribution in [-0.2, 0) is 0 Å². The Morgan fingerprint density at radius 3 is 2.58 bits per heavy atom. The summed E-state index contributed by atoms with van der Waals surface area (Å²) in [6.45, 7) is 0. The monoisotopic (exact) mass is 424 g/mol. The topological polar surface area (TPSA) is 61.2 Å². The van der Waals surface area contributed by atoms with Gasteiger partial charge in [0.05, 0.1) is 21.3 Å². The number of halogens is 1. The first-order chi connectivity index (χ1) is 15.1. The van der Waals surface area contributed by atoms with Gasteiger partial charge in [-0.2, -0.15) is 0 Å². The SMILES string of the molecule is O=[N+]([O-])C1=CCC#CC(Cl)=C1n1c2ccccc2c2ccc3oc4ccccc4c3c21. The minimum atomic E-state index is -0.402. The Morgan fingerprint density at radius 1 is 0.968 bits per heavy atom. The average Bonchev–Trinajstić information content (AvgIpc) is 3.24. The fourth-order valence-electron chi connectivity index (χ4n) is 4.42. The van der Waals surface area contributed by atoms with E-state index in [1.807, 2.05) is 65.2 Å². The molecule has 0 N–H and O–H groups in total. The highest BCUT2D eigenvalue weighted by atomic mass is 35.5. The third-order valence-corrected chi connectivity index (χ3v) is 5.91. The number of nitrogens with zero attached hydrogens (tertiary/aromatic N) is 2. The van der Waals surface area contributed by atoms with Crippen molar-refractivity contribution in [3.8, 4) is 11.8 Å². The molecule has 6 heteroatoms. The fourth-order valence-corrected chi connectivity index (χ4v) is 4.66. The number of furan rings is 1. The zero-order valence-electron chi connectivity index (χ0n) is 16.1. The van der Waals surface area contributed by atoms with Crippen LogP contribution in [0.25, 0.3) is 49.4 Å². The normalized spacial score (nSPS) is 14.2. The summed E-state index contributed by atoms with van der Waals surface area (Å²) in [5.41, 5.74) is 3.30. The van der Waals surface area contributed by atoms with Crippen LogP contribution in [0.1, 0.15) is 6.42 Å². The molecule has 6 rings (SSSR count). The van der Waals surface area contributed by atoms with Gasteiger partial charge in [-0.15, -0.1) is 0 Å². The lowest BCUT2D eigenvalue weighted by atomic mass is 10.1. The molecule has 2 heterocycles. The van der Waals surface area contributed by atoms with Crippen LogP contribution in [0.5, 0.6) is 0 Å². The maximum atomic E-state index is 12.0. The van der Waals surface area contributed by atoms with Crippen molar-refractivity contribution in [2.24, 2.45) is 0 Å². The Labute approximate surface area is 180 Å². The highest BCUT2D eigenvalue weighted by molar-refractivity contribution is 6.36. The zero-order chi connectivity index (χ0) is 21.1. The lowest BCUT2D eigenvalue weighted by Gasteiger charge is -2.11. The maximum Gasteiger partial charge on any atom is 0.292 e. The quantitative estimate of drug-likeness (QED) is 0.180. The van der Waals surface area contributed by atoms with Gasteiger partial charge in [-0.1, -0.05) is 59.8 Å². The molecule has 0 spiro atoms. The molecule has 1 aliphatic carbocycles. The van der Waals surface area contributed by atoms with Gasteiger partial charge in [0.15, 0.2) is 5.70 Å². The second kappa shape index (κ2) is 6.49. The summed E-state index contributed by atoms with van der Waals surface area (Å²) in [7, 11) is 0. The molecule has 0 radical (unpaired) electrons. The standard InChI is InChI=1S/C25H13ClN2O3/c26-18-9-3-5-11-20(28(29)30)25(18)27-19-10-4-1-7-15(19)16-13-14-22-23(24(16)27)17-8-2-6-12-21(17)31-22/h1-2,4,6-8,10-14H,5H2. The minimum absolute atomic E-state index is 0.0741. The van der Waals surface area contributed by atoms with E-state index in [0.29, 0.717) is 5.58 Å². The van der Waals surface area contributed by atoms with E-state index in [1.165, 1.54) is 6.08 Å². The molecular formula is C25H13ClN2O3. The van der Waals surface area contributed by atoms with E-state index in [1.54, 1.807) is 0 Å². The Kier molecular flexibility index (Phi) is 3.73. The molecule has 0 bridgehead atoms. The molecular weight excluding hydrogens is 412 g/mol. The number of nitro groups is 1. The lowest BCUT2D eigenvalue weighted by Crippen LogP contribution is -2.09. The van der Waals surface area contributed by atoms with Gasteiger partial charge in [-0.3, -0.25) is 10.1 Å². The van der Waals surface area contributed by atoms with Crippen LogP contribution in [0, 0.1) is 22.0 Å². The van der Waals surface area contributed by atoms with Gasteiger partial charge in [0, 0.05) is 28.7 Å². The van der Waals surface area contributed by atoms with Crippen molar-refractivity contribution >= 4 is 61.0 Å². The lowest BCUT2D eigenvalue weighted by molar-refractivity contribution is -0.417. The average molecular weight is 425 g/mol. The molecule has 0 saturated carbocycles. The number of para-hydroxylation sites is 2. The molecule has 0 amide bonds. The van der Waals surface area contributed by atoms with Gasteiger partial charge in [0.25, 0.3) is 5.70 Å². The highest BCUT2D eigenvalue weighted by Gasteiger charge is 2.28. The van der Waals surface area contributed by atoms with Gasteiger partial charge in [0.1, 0.15) is 16.2 Å². The second-order valence-electron chi connectivity index (χ2n) is 7.30. The van der Waals surface area contributed by atoms with Crippen LogP contribution in [0.3, 0.4) is 0 Å². The van der Waals surface area contributed by atoms with Crippen LogP contribution in [0.4, 0.5) is 0 Å². The Morgan fingerprint density at radius 2 is 1.74 bits per heavy atom. The van der Waals surface area contributed by atoms with E-state index >= 15 is 0 Å². The Balaban J connectivity index is 1.91. The summed E-state index contributed by atoms with van der Waals surface area (Å²) in [4.78, 5) is 11.6. The van der Waals surface area contributed by atoms with Crippen molar-refractivity contribution in [1.82, 2.24) is 4.57 Å². The van der Waals surface area contributed by atoms with Crippen LogP contribution in [0.2, 0.25) is 0 Å². The first-order valence-electron chi connectivity index (χ1n) is 9.72. The molecule has 2 aromatic heterocycles. The van der Waals surface area contributed by atoms with Crippen LogP contribution < -0.4 is 0 Å². The Hall–Kier alpha value is -4.01. The predicted octanol–water partition coefficient (Wildman–Crippen LogP) is 6.67. The van der Waals surface area contributed by atoms with Crippen LogP contribution in [-0.4, -0.2) is 9.49 Å². The molecule has 0 atom stereocenters. The van der Waals surface area contributed by atoms with E-state index in [4.69, 9.17) is 16.0 Å². The largest absolute Gasteiger partial charge is 0.456 e. The summed E-state index contributed by atoms with van der Waals surface area (Å²) in [6, 6.07) is 19.5. The van der Waals surface area contributed by atoms with E-state index in [9.17, 15) is 10.1 Å². The second-order valence-corrected chi connectivity index (χ2v) is 7.68. The van der Waals surface area contributed by atoms with Crippen molar-refractivity contribution in [3.63, 3.8) is 0 Å². The zero-order valence-corrected chi connectivity index (χ0v) is 16.8. The molecule has 0 aliphatic heterocycles. The van der Waals surface area contributed by atoms with Gasteiger partial charge < -0.3 is 8.98 Å². The van der Waals surface area contributed by atoms with E-state index in [2.05, 4.69) is 11.8 Å². The maximum absolute atomic E-state index is 12.0. The first kappa shape index (κ1) is 17.8. The summed E-state index contributed by atoms with van der Waals surface area (Å²) >= 11 is 6.58. The van der Waals surface area contributed by atoms with Gasteiger partial charge >= 0.3 is 0 Å². The predicted molar refractivity (Wildman–Crippen MR) is 123 cm³/mol. The molecule has 0 fully saturated rings. The van der Waals surface area contributed by atoms with Crippen molar-refractivity contribution < 1.29 is 9.34 Å².